The molecule has 0 aliphatic carbocycles. The molecule has 248 valence electrons. The number of nitrogens with zero attached hydrogens (tertiary/aromatic N) is 5. The van der Waals surface area contributed by atoms with Crippen LogP contribution in [0.2, 0.25) is 0 Å². The Labute approximate surface area is 277 Å². The lowest BCUT2D eigenvalue weighted by Crippen LogP contribution is -2.38. The molecule has 3 amide bonds. The van der Waals surface area contributed by atoms with Crippen LogP contribution in [-0.2, 0) is 29.2 Å². The summed E-state index contributed by atoms with van der Waals surface area (Å²) in [6.45, 7) is 4.51. The van der Waals surface area contributed by atoms with Gasteiger partial charge in [0.1, 0.15) is 23.7 Å². The smallest absolute Gasteiger partial charge is 0.410 e. The molecule has 0 fully saturated rings. The molecule has 3 N–H and O–H groups in total. The van der Waals surface area contributed by atoms with Gasteiger partial charge in [-0.25, -0.2) is 9.78 Å². The molecule has 0 atom stereocenters. The number of carbonyl (C=O) groups is 3. The molecular weight excluding hydrogens is 614 g/mol. The van der Waals surface area contributed by atoms with E-state index in [1.807, 2.05) is 66.9 Å². The third kappa shape index (κ3) is 7.86. The van der Waals surface area contributed by atoms with Crippen LogP contribution in [0.25, 0.3) is 11.0 Å². The largest absolute Gasteiger partial charge is 0.487 e. The molecule has 13 nitrogen and oxygen atoms in total. The first kappa shape index (κ1) is 33.4. The second kappa shape index (κ2) is 15.1. The van der Waals surface area contributed by atoms with Crippen LogP contribution < -0.4 is 25.0 Å². The van der Waals surface area contributed by atoms with Crippen LogP contribution in [0.3, 0.4) is 0 Å². The van der Waals surface area contributed by atoms with E-state index in [0.29, 0.717) is 35.9 Å². The molecule has 0 aliphatic heterocycles. The Morgan fingerprint density at radius 1 is 1.00 bits per heavy atom. The third-order valence-electron chi connectivity index (χ3n) is 7.98. The lowest BCUT2D eigenvalue weighted by molar-refractivity contribution is -0.124. The number of hydrogen-bond acceptors (Lipinski definition) is 8. The third-order valence-corrected chi connectivity index (χ3v) is 7.98. The maximum Gasteiger partial charge on any atom is 0.410 e. The highest BCUT2D eigenvalue weighted by Crippen LogP contribution is 2.32. The van der Waals surface area contributed by atoms with E-state index in [9.17, 15) is 14.4 Å². The van der Waals surface area contributed by atoms with Crippen LogP contribution >= 0.6 is 0 Å². The van der Waals surface area contributed by atoms with E-state index in [0.717, 1.165) is 33.5 Å². The van der Waals surface area contributed by atoms with Gasteiger partial charge in [-0.3, -0.25) is 24.5 Å². The number of aromatic nitrogens is 4. The molecule has 0 bridgehead atoms. The summed E-state index contributed by atoms with van der Waals surface area (Å²) in [6.07, 6.45) is 2.59. The molecule has 13 heteroatoms. The molecule has 0 radical (unpaired) electrons. The first-order valence-corrected chi connectivity index (χ1v) is 15.3. The van der Waals surface area contributed by atoms with Gasteiger partial charge >= 0.3 is 6.09 Å². The average Bonchev–Trinajstić information content (AvgIpc) is 3.44. The Bertz CT molecular complexity index is 1930. The molecule has 0 spiro atoms. The predicted octanol–water partition coefficient (Wildman–Crippen LogP) is 4.88. The number of rotatable bonds is 13. The number of nitrogens with one attached hydrogen (secondary N) is 2. The maximum absolute atomic E-state index is 13.1. The first-order valence-electron chi connectivity index (χ1n) is 15.3. The summed E-state index contributed by atoms with van der Waals surface area (Å²) in [5, 5.41) is 13.6. The number of fused-ring (bicyclic) bond motifs is 1. The summed E-state index contributed by atoms with van der Waals surface area (Å²) in [5.41, 5.74) is 6.71. The zero-order valence-corrected chi connectivity index (χ0v) is 27.2. The summed E-state index contributed by atoms with van der Waals surface area (Å²) in [4.78, 5) is 51.0. The highest BCUT2D eigenvalue weighted by atomic mass is 16.5. The van der Waals surface area contributed by atoms with Gasteiger partial charge in [0.2, 0.25) is 11.8 Å². The number of para-hydroxylation sites is 1. The van der Waals surface area contributed by atoms with Crippen molar-refractivity contribution in [2.45, 2.75) is 39.8 Å². The molecule has 2 aromatic carbocycles. The predicted molar refractivity (Wildman–Crippen MR) is 180 cm³/mol. The van der Waals surface area contributed by atoms with Crippen molar-refractivity contribution in [2.24, 2.45) is 0 Å². The number of benzene rings is 2. The number of pyridine rings is 2. The Hall–Kier alpha value is -5.98. The Morgan fingerprint density at radius 3 is 2.54 bits per heavy atom. The van der Waals surface area contributed by atoms with Crippen molar-refractivity contribution in [3.8, 4) is 11.8 Å². The number of carbonyl (C=O) groups excluding carboxylic acids is 2. The van der Waals surface area contributed by atoms with E-state index in [-0.39, 0.29) is 37.2 Å². The SMILES string of the molecule is COc1nc2c(OCc3c(C)ccc(N(C)C(=O)CNC(=O)CCc4ccc(NC(=O)O)nc4)c3C)cccc2n1Cc1ccccn1. The van der Waals surface area contributed by atoms with Crippen LogP contribution in [0.1, 0.15) is 34.4 Å². The topological polar surface area (TPSA) is 161 Å². The Kier molecular flexibility index (Phi) is 10.5. The molecule has 3 heterocycles. The summed E-state index contributed by atoms with van der Waals surface area (Å²) in [5.74, 6) is 0.244. The highest BCUT2D eigenvalue weighted by molar-refractivity contribution is 5.97. The summed E-state index contributed by atoms with van der Waals surface area (Å²) >= 11 is 0. The zero-order chi connectivity index (χ0) is 34.2. The number of anilines is 2. The van der Waals surface area contributed by atoms with E-state index < -0.39 is 6.09 Å². The quantitative estimate of drug-likeness (QED) is 0.161. The van der Waals surface area contributed by atoms with Crippen molar-refractivity contribution in [1.82, 2.24) is 24.8 Å². The molecule has 0 aliphatic rings. The minimum Gasteiger partial charge on any atom is -0.487 e. The fraction of sp³-hybridized carbons (Fsp3) is 0.257. The van der Waals surface area contributed by atoms with E-state index in [1.54, 1.807) is 26.4 Å². The molecule has 0 saturated heterocycles. The van der Waals surface area contributed by atoms with Crippen molar-refractivity contribution in [2.75, 3.05) is 30.9 Å². The number of hydrogen-bond donors (Lipinski definition) is 3. The van der Waals surface area contributed by atoms with E-state index in [2.05, 4.69) is 20.6 Å². The van der Waals surface area contributed by atoms with Crippen LogP contribution in [0, 0.1) is 13.8 Å². The van der Waals surface area contributed by atoms with E-state index in [4.69, 9.17) is 19.6 Å². The fourth-order valence-electron chi connectivity index (χ4n) is 5.32. The van der Waals surface area contributed by atoms with Crippen LogP contribution in [-0.4, -0.2) is 63.2 Å². The van der Waals surface area contributed by atoms with Gasteiger partial charge in [0, 0.05) is 31.5 Å². The number of methoxy groups -OCH3 is 1. The lowest BCUT2D eigenvalue weighted by Gasteiger charge is -2.23. The molecule has 0 saturated carbocycles. The van der Waals surface area contributed by atoms with Crippen molar-refractivity contribution >= 4 is 40.4 Å². The number of ether oxygens (including phenoxy) is 2. The maximum atomic E-state index is 13.1. The van der Waals surface area contributed by atoms with Gasteiger partial charge in [-0.15, -0.1) is 0 Å². The lowest BCUT2D eigenvalue weighted by atomic mass is 10.0. The van der Waals surface area contributed by atoms with Crippen LogP contribution in [0.4, 0.5) is 16.3 Å². The monoisotopic (exact) mass is 651 g/mol. The summed E-state index contributed by atoms with van der Waals surface area (Å²) < 4.78 is 13.9. The zero-order valence-electron chi connectivity index (χ0n) is 27.2. The molecular formula is C35H37N7O6. The molecule has 0 unspecified atom stereocenters. The normalized spacial score (nSPS) is 10.8. The first-order chi connectivity index (χ1) is 23.1. The minimum absolute atomic E-state index is 0.148. The van der Waals surface area contributed by atoms with Gasteiger partial charge in [-0.2, -0.15) is 4.98 Å². The van der Waals surface area contributed by atoms with Gasteiger partial charge in [0.15, 0.2) is 0 Å². The van der Waals surface area contributed by atoms with E-state index >= 15 is 0 Å². The molecule has 3 aromatic heterocycles. The Morgan fingerprint density at radius 2 is 1.83 bits per heavy atom. The van der Waals surface area contributed by atoms with E-state index in [1.165, 1.54) is 17.2 Å². The second-order valence-electron chi connectivity index (χ2n) is 11.1. The number of imidazole rings is 1. The molecule has 5 aromatic rings. The standard InChI is InChI=1S/C35H37N7O6/c1-22-11-14-27(41(3)32(44)19-38-31(43)16-13-24-12-15-30(37-18-24)39-35(45)46)23(2)26(22)21-48-29-10-7-9-28-33(29)40-34(47-4)42(28)20-25-8-5-6-17-36-25/h5-12,14-15,17-18H,13,16,19-21H2,1-4H3,(H,37,39)(H,38,43)(H,45,46). The number of likely N-dealkylation sites (N-methyl/N-ethyl adjacent to an activating group) is 1. The summed E-state index contributed by atoms with van der Waals surface area (Å²) in [6, 6.07) is 19.0. The highest BCUT2D eigenvalue weighted by Gasteiger charge is 2.19. The van der Waals surface area contributed by atoms with Gasteiger partial charge in [-0.05, 0) is 78.9 Å². The van der Waals surface area contributed by atoms with Gasteiger partial charge in [-0.1, -0.05) is 24.3 Å². The van der Waals surface area contributed by atoms with Gasteiger partial charge in [0.25, 0.3) is 6.01 Å². The van der Waals surface area contributed by atoms with Gasteiger partial charge in [0.05, 0.1) is 31.4 Å². The van der Waals surface area contributed by atoms with Crippen molar-refractivity contribution in [3.63, 3.8) is 0 Å². The molecule has 5 rings (SSSR count). The van der Waals surface area contributed by atoms with Crippen LogP contribution in [0.15, 0.2) is 73.1 Å². The fourth-order valence-corrected chi connectivity index (χ4v) is 5.32. The van der Waals surface area contributed by atoms with Crippen LogP contribution in [0.5, 0.6) is 11.8 Å². The van der Waals surface area contributed by atoms with Crippen molar-refractivity contribution < 1.29 is 29.0 Å². The van der Waals surface area contributed by atoms with Crippen molar-refractivity contribution in [1.29, 1.82) is 0 Å². The number of amides is 3. The number of carboxylic acid groups (broad SMARTS) is 1. The van der Waals surface area contributed by atoms with Gasteiger partial charge < -0.3 is 24.8 Å². The average molecular weight is 652 g/mol. The van der Waals surface area contributed by atoms with Crippen molar-refractivity contribution in [3.05, 3.63) is 101 Å². The minimum atomic E-state index is -1.20. The second-order valence-corrected chi connectivity index (χ2v) is 11.1. The Balaban J connectivity index is 1.22. The molecule has 48 heavy (non-hydrogen) atoms. The summed E-state index contributed by atoms with van der Waals surface area (Å²) in [7, 11) is 3.26. The number of aryl methyl sites for hydroxylation is 2.